The Bertz CT molecular complexity index is 419. The molecule has 0 aliphatic carbocycles. The van der Waals surface area contributed by atoms with Crippen LogP contribution in [0.3, 0.4) is 0 Å². The summed E-state index contributed by atoms with van der Waals surface area (Å²) in [6.07, 6.45) is 0.831. The highest BCUT2D eigenvalue weighted by Crippen LogP contribution is 2.24. The molecule has 0 saturated heterocycles. The Hall–Kier alpha value is -1.62. The average Bonchev–Trinajstić information content (AvgIpc) is 2.33. The SMILES string of the molecule is Cc1ccc([N+](=O)[O-])c(NCCCOCC(C)C)c1. The minimum Gasteiger partial charge on any atom is -0.381 e. The summed E-state index contributed by atoms with van der Waals surface area (Å²) in [6.45, 7) is 8.22. The van der Waals surface area contributed by atoms with E-state index in [1.165, 1.54) is 6.07 Å². The van der Waals surface area contributed by atoms with Crippen molar-refractivity contribution in [3.63, 3.8) is 0 Å². The molecule has 0 bridgehead atoms. The van der Waals surface area contributed by atoms with E-state index in [1.54, 1.807) is 12.1 Å². The number of nitrogens with one attached hydrogen (secondary N) is 1. The first-order valence-corrected chi connectivity index (χ1v) is 6.57. The number of nitrogens with zero attached hydrogens (tertiary/aromatic N) is 1. The number of hydrogen-bond acceptors (Lipinski definition) is 4. The van der Waals surface area contributed by atoms with Gasteiger partial charge in [0.15, 0.2) is 0 Å². The van der Waals surface area contributed by atoms with Crippen molar-refractivity contribution in [2.24, 2.45) is 5.92 Å². The minimum atomic E-state index is -0.364. The van der Waals surface area contributed by atoms with E-state index in [2.05, 4.69) is 19.2 Å². The average molecular weight is 266 g/mol. The molecular weight excluding hydrogens is 244 g/mol. The number of ether oxygens (including phenoxy) is 1. The van der Waals surface area contributed by atoms with Gasteiger partial charge in [-0.05, 0) is 30.9 Å². The fraction of sp³-hybridized carbons (Fsp3) is 0.571. The smallest absolute Gasteiger partial charge is 0.292 e. The summed E-state index contributed by atoms with van der Waals surface area (Å²) in [4.78, 5) is 10.5. The molecule has 0 aromatic heterocycles. The molecule has 1 N–H and O–H groups in total. The van der Waals surface area contributed by atoms with Gasteiger partial charge >= 0.3 is 0 Å². The molecule has 0 aliphatic rings. The third-order valence-electron chi connectivity index (χ3n) is 2.58. The third-order valence-corrected chi connectivity index (χ3v) is 2.58. The number of nitro groups is 1. The van der Waals surface area contributed by atoms with Crippen LogP contribution in [0.4, 0.5) is 11.4 Å². The second-order valence-corrected chi connectivity index (χ2v) is 5.03. The Morgan fingerprint density at radius 2 is 2.16 bits per heavy atom. The normalized spacial score (nSPS) is 10.7. The second kappa shape index (κ2) is 7.74. The number of nitro benzene ring substituents is 1. The summed E-state index contributed by atoms with van der Waals surface area (Å²) >= 11 is 0. The van der Waals surface area contributed by atoms with Gasteiger partial charge in [0.2, 0.25) is 0 Å². The Morgan fingerprint density at radius 1 is 1.42 bits per heavy atom. The molecule has 0 amide bonds. The predicted molar refractivity (Wildman–Crippen MR) is 76.6 cm³/mol. The van der Waals surface area contributed by atoms with Crippen LogP contribution in [0.1, 0.15) is 25.8 Å². The van der Waals surface area contributed by atoms with Gasteiger partial charge in [-0.3, -0.25) is 10.1 Å². The van der Waals surface area contributed by atoms with Gasteiger partial charge < -0.3 is 10.1 Å². The minimum absolute atomic E-state index is 0.119. The van der Waals surface area contributed by atoms with Crippen molar-refractivity contribution in [2.75, 3.05) is 25.1 Å². The molecule has 5 nitrogen and oxygen atoms in total. The fourth-order valence-electron chi connectivity index (χ4n) is 1.67. The van der Waals surface area contributed by atoms with Gasteiger partial charge in [-0.25, -0.2) is 0 Å². The van der Waals surface area contributed by atoms with Crippen LogP contribution >= 0.6 is 0 Å². The monoisotopic (exact) mass is 266 g/mol. The van der Waals surface area contributed by atoms with Gasteiger partial charge in [0.05, 0.1) is 4.92 Å². The topological polar surface area (TPSA) is 64.4 Å². The molecule has 1 aromatic rings. The summed E-state index contributed by atoms with van der Waals surface area (Å²) in [5, 5.41) is 14.0. The molecule has 5 heteroatoms. The Kier molecular flexibility index (Phi) is 6.29. The first kappa shape index (κ1) is 15.4. The maximum Gasteiger partial charge on any atom is 0.292 e. The van der Waals surface area contributed by atoms with Crippen LogP contribution in [0.25, 0.3) is 0 Å². The molecule has 0 unspecified atom stereocenters. The summed E-state index contributed by atoms with van der Waals surface area (Å²) in [7, 11) is 0. The van der Waals surface area contributed by atoms with E-state index in [9.17, 15) is 10.1 Å². The van der Waals surface area contributed by atoms with Crippen molar-refractivity contribution < 1.29 is 9.66 Å². The molecule has 106 valence electrons. The van der Waals surface area contributed by atoms with Crippen molar-refractivity contribution in [3.05, 3.63) is 33.9 Å². The van der Waals surface area contributed by atoms with Crippen LogP contribution in [0, 0.1) is 23.0 Å². The van der Waals surface area contributed by atoms with Gasteiger partial charge in [0.1, 0.15) is 5.69 Å². The third kappa shape index (κ3) is 5.70. The lowest BCUT2D eigenvalue weighted by Gasteiger charge is -2.09. The lowest BCUT2D eigenvalue weighted by Crippen LogP contribution is -2.09. The summed E-state index contributed by atoms with van der Waals surface area (Å²) in [6, 6.07) is 5.08. The zero-order chi connectivity index (χ0) is 14.3. The van der Waals surface area contributed by atoms with Gasteiger partial charge in [-0.2, -0.15) is 0 Å². The van der Waals surface area contributed by atoms with Crippen LogP contribution < -0.4 is 5.32 Å². The fourth-order valence-corrected chi connectivity index (χ4v) is 1.67. The van der Waals surface area contributed by atoms with Crippen molar-refractivity contribution in [1.82, 2.24) is 0 Å². The molecule has 0 aliphatic heterocycles. The van der Waals surface area contributed by atoms with Crippen molar-refractivity contribution in [1.29, 1.82) is 0 Å². The molecule has 0 spiro atoms. The summed E-state index contributed by atoms with van der Waals surface area (Å²) in [5.74, 6) is 0.533. The quantitative estimate of drug-likeness (QED) is 0.445. The zero-order valence-electron chi connectivity index (χ0n) is 11.8. The van der Waals surface area contributed by atoms with E-state index < -0.39 is 0 Å². The zero-order valence-corrected chi connectivity index (χ0v) is 11.8. The van der Waals surface area contributed by atoms with Crippen LogP contribution in [-0.4, -0.2) is 24.7 Å². The first-order valence-electron chi connectivity index (χ1n) is 6.57. The number of aryl methyl sites for hydroxylation is 1. The highest BCUT2D eigenvalue weighted by molar-refractivity contribution is 5.62. The Morgan fingerprint density at radius 3 is 2.79 bits per heavy atom. The Labute approximate surface area is 114 Å². The molecule has 1 aromatic carbocycles. The van der Waals surface area contributed by atoms with E-state index in [4.69, 9.17) is 4.74 Å². The standard InChI is InChI=1S/C14H22N2O3/c1-11(2)10-19-8-4-7-15-13-9-12(3)5-6-14(13)16(17)18/h5-6,9,11,15H,4,7-8,10H2,1-3H3. The van der Waals surface area contributed by atoms with Gasteiger partial charge in [0.25, 0.3) is 5.69 Å². The second-order valence-electron chi connectivity index (χ2n) is 5.03. The van der Waals surface area contributed by atoms with E-state index in [0.717, 1.165) is 18.6 Å². The van der Waals surface area contributed by atoms with E-state index in [-0.39, 0.29) is 10.6 Å². The van der Waals surface area contributed by atoms with Crippen molar-refractivity contribution in [2.45, 2.75) is 27.2 Å². The number of rotatable bonds is 8. The Balaban J connectivity index is 2.40. The summed E-state index contributed by atoms with van der Waals surface area (Å²) in [5.41, 5.74) is 1.70. The molecule has 0 atom stereocenters. The molecular formula is C14H22N2O3. The van der Waals surface area contributed by atoms with Gasteiger partial charge in [-0.1, -0.05) is 19.9 Å². The van der Waals surface area contributed by atoms with E-state index in [0.29, 0.717) is 24.8 Å². The van der Waals surface area contributed by atoms with Crippen molar-refractivity contribution in [3.8, 4) is 0 Å². The predicted octanol–water partition coefficient (Wildman–Crippen LogP) is 3.38. The van der Waals surface area contributed by atoms with E-state index in [1.807, 2.05) is 6.92 Å². The molecule has 0 saturated carbocycles. The number of benzene rings is 1. The molecule has 1 rings (SSSR count). The first-order chi connectivity index (χ1) is 9.00. The summed E-state index contributed by atoms with van der Waals surface area (Å²) < 4.78 is 5.46. The molecule has 19 heavy (non-hydrogen) atoms. The molecule has 0 radical (unpaired) electrons. The van der Waals surface area contributed by atoms with Gasteiger partial charge in [0, 0.05) is 25.8 Å². The molecule has 0 heterocycles. The van der Waals surface area contributed by atoms with Crippen molar-refractivity contribution >= 4 is 11.4 Å². The largest absolute Gasteiger partial charge is 0.381 e. The van der Waals surface area contributed by atoms with E-state index >= 15 is 0 Å². The lowest BCUT2D eigenvalue weighted by atomic mass is 10.2. The highest BCUT2D eigenvalue weighted by atomic mass is 16.6. The molecule has 0 fully saturated rings. The van der Waals surface area contributed by atoms with Gasteiger partial charge in [-0.15, -0.1) is 0 Å². The maximum absolute atomic E-state index is 10.9. The number of hydrogen-bond donors (Lipinski definition) is 1. The van der Waals surface area contributed by atoms with Crippen LogP contribution in [0.2, 0.25) is 0 Å². The van der Waals surface area contributed by atoms with Crippen LogP contribution in [-0.2, 0) is 4.74 Å². The van der Waals surface area contributed by atoms with Crippen LogP contribution in [0.15, 0.2) is 18.2 Å². The highest BCUT2D eigenvalue weighted by Gasteiger charge is 2.12. The number of anilines is 1. The lowest BCUT2D eigenvalue weighted by molar-refractivity contribution is -0.384. The van der Waals surface area contributed by atoms with Crippen LogP contribution in [0.5, 0.6) is 0 Å². The maximum atomic E-state index is 10.9.